The van der Waals surface area contributed by atoms with E-state index < -0.39 is 0 Å². The van der Waals surface area contributed by atoms with E-state index in [1.165, 1.54) is 0 Å². The molecule has 0 radical (unpaired) electrons. The molecule has 28 heavy (non-hydrogen) atoms. The fraction of sp³-hybridized carbons (Fsp3) is 0.474. The second-order valence-corrected chi connectivity index (χ2v) is 8.77. The first kappa shape index (κ1) is 23.4. The Balaban J connectivity index is 0.00000140. The number of hydrogen-bond acceptors (Lipinski definition) is 5. The van der Waals surface area contributed by atoms with Crippen LogP contribution >= 0.6 is 48.2 Å². The van der Waals surface area contributed by atoms with E-state index in [0.29, 0.717) is 28.5 Å². The predicted octanol–water partition coefficient (Wildman–Crippen LogP) is 4.14. The number of oxazole rings is 1. The highest BCUT2D eigenvalue weighted by Crippen LogP contribution is 2.29. The molecule has 3 atom stereocenters. The van der Waals surface area contributed by atoms with Crippen LogP contribution in [0.15, 0.2) is 34.9 Å². The van der Waals surface area contributed by atoms with Crippen molar-refractivity contribution in [2.75, 3.05) is 26.2 Å². The van der Waals surface area contributed by atoms with Crippen LogP contribution in [-0.2, 0) is 10.5 Å². The second kappa shape index (κ2) is 10.2. The lowest BCUT2D eigenvalue weighted by atomic mass is 10.0. The van der Waals surface area contributed by atoms with Crippen molar-refractivity contribution in [2.24, 2.45) is 11.8 Å². The van der Waals surface area contributed by atoms with Gasteiger partial charge in [-0.3, -0.25) is 4.79 Å². The van der Waals surface area contributed by atoms with E-state index in [-0.39, 0.29) is 36.0 Å². The zero-order chi connectivity index (χ0) is 18.1. The number of carbonyl (C=O) groups is 1. The van der Waals surface area contributed by atoms with E-state index in [0.717, 1.165) is 37.5 Å². The maximum absolute atomic E-state index is 12.7. The van der Waals surface area contributed by atoms with Crippen LogP contribution in [0.3, 0.4) is 0 Å². The van der Waals surface area contributed by atoms with Crippen molar-refractivity contribution in [3.05, 3.63) is 41.4 Å². The lowest BCUT2D eigenvalue weighted by molar-refractivity contribution is -0.129. The Labute approximate surface area is 186 Å². The van der Waals surface area contributed by atoms with Gasteiger partial charge in [0.2, 0.25) is 11.8 Å². The van der Waals surface area contributed by atoms with E-state index >= 15 is 0 Å². The van der Waals surface area contributed by atoms with Gasteiger partial charge in [0.15, 0.2) is 5.76 Å². The van der Waals surface area contributed by atoms with Gasteiger partial charge in [-0.2, -0.15) is 0 Å². The van der Waals surface area contributed by atoms with Crippen LogP contribution in [-0.4, -0.2) is 47.2 Å². The highest BCUT2D eigenvalue weighted by atomic mass is 35.5. The van der Waals surface area contributed by atoms with E-state index in [9.17, 15) is 4.79 Å². The first-order valence-electron chi connectivity index (χ1n) is 8.92. The first-order valence-corrected chi connectivity index (χ1v) is 10.3. The van der Waals surface area contributed by atoms with Crippen molar-refractivity contribution in [1.29, 1.82) is 0 Å². The molecule has 5 nitrogen and oxygen atoms in total. The van der Waals surface area contributed by atoms with E-state index in [1.54, 1.807) is 18.0 Å². The van der Waals surface area contributed by atoms with Crippen molar-refractivity contribution >= 4 is 54.1 Å². The Morgan fingerprint density at radius 1 is 1.29 bits per heavy atom. The number of halogens is 3. The van der Waals surface area contributed by atoms with Gasteiger partial charge in [-0.15, -0.1) is 36.6 Å². The summed E-state index contributed by atoms with van der Waals surface area (Å²) in [6, 6.07) is 7.47. The summed E-state index contributed by atoms with van der Waals surface area (Å²) in [5.74, 6) is 3.43. The molecule has 0 bridgehead atoms. The number of thioether (sulfide) groups is 1. The van der Waals surface area contributed by atoms with Crippen LogP contribution in [0.1, 0.15) is 12.8 Å². The number of nitrogens with one attached hydrogen (secondary N) is 1. The van der Waals surface area contributed by atoms with Gasteiger partial charge in [0.1, 0.15) is 0 Å². The Morgan fingerprint density at radius 2 is 1.93 bits per heavy atom. The quantitative estimate of drug-likeness (QED) is 0.721. The van der Waals surface area contributed by atoms with Crippen LogP contribution in [0.5, 0.6) is 0 Å². The van der Waals surface area contributed by atoms with Crippen LogP contribution < -0.4 is 5.32 Å². The van der Waals surface area contributed by atoms with Crippen molar-refractivity contribution in [2.45, 2.75) is 17.9 Å². The maximum Gasteiger partial charge on any atom is 0.235 e. The summed E-state index contributed by atoms with van der Waals surface area (Å²) in [6.45, 7) is 5.84. The maximum atomic E-state index is 12.7. The SMILES string of the molecule is CC(SCc1ncc(-c2ccc(Cl)cc2)o1)C(=O)N1C[C@H]2CNC[C@H]2C1.Cl.Cl. The van der Waals surface area contributed by atoms with E-state index in [1.807, 2.05) is 36.1 Å². The molecule has 2 aliphatic heterocycles. The summed E-state index contributed by atoms with van der Waals surface area (Å²) in [5.41, 5.74) is 0.944. The lowest BCUT2D eigenvalue weighted by Gasteiger charge is -2.21. The third-order valence-electron chi connectivity index (χ3n) is 5.19. The molecule has 2 aliphatic rings. The minimum absolute atomic E-state index is 0. The molecular weight excluding hydrogens is 441 g/mol. The Kier molecular flexibility index (Phi) is 8.52. The molecule has 2 fully saturated rings. The largest absolute Gasteiger partial charge is 0.440 e. The Hall–Kier alpha value is -0.920. The summed E-state index contributed by atoms with van der Waals surface area (Å²) >= 11 is 7.49. The van der Waals surface area contributed by atoms with Gasteiger partial charge >= 0.3 is 0 Å². The molecule has 1 unspecified atom stereocenters. The van der Waals surface area contributed by atoms with Crippen LogP contribution in [0.2, 0.25) is 5.02 Å². The monoisotopic (exact) mass is 463 g/mol. The molecule has 1 aromatic heterocycles. The van der Waals surface area contributed by atoms with Gasteiger partial charge in [0, 0.05) is 36.8 Å². The van der Waals surface area contributed by atoms with Gasteiger partial charge in [-0.05, 0) is 43.0 Å². The molecule has 1 amide bonds. The summed E-state index contributed by atoms with van der Waals surface area (Å²) in [7, 11) is 0. The van der Waals surface area contributed by atoms with E-state index in [2.05, 4.69) is 10.3 Å². The van der Waals surface area contributed by atoms with Crippen LogP contribution in [0, 0.1) is 11.8 Å². The zero-order valence-electron chi connectivity index (χ0n) is 15.5. The highest BCUT2D eigenvalue weighted by Gasteiger charge is 2.39. The molecule has 0 aliphatic carbocycles. The molecule has 1 aromatic carbocycles. The number of likely N-dealkylation sites (tertiary alicyclic amines) is 1. The number of fused-ring (bicyclic) bond motifs is 1. The molecule has 0 saturated carbocycles. The highest BCUT2D eigenvalue weighted by molar-refractivity contribution is 7.99. The van der Waals surface area contributed by atoms with Gasteiger partial charge in [0.05, 0.1) is 17.2 Å². The summed E-state index contributed by atoms with van der Waals surface area (Å²) in [5, 5.41) is 4.01. The minimum atomic E-state index is -0.0901. The number of nitrogens with zero attached hydrogens (tertiary/aromatic N) is 2. The van der Waals surface area contributed by atoms with Gasteiger partial charge < -0.3 is 14.6 Å². The topological polar surface area (TPSA) is 58.4 Å². The third-order valence-corrected chi connectivity index (χ3v) is 6.56. The van der Waals surface area contributed by atoms with Crippen molar-refractivity contribution in [3.8, 4) is 11.3 Å². The lowest BCUT2D eigenvalue weighted by Crippen LogP contribution is -2.36. The number of carbonyl (C=O) groups excluding carboxylic acids is 1. The predicted molar refractivity (Wildman–Crippen MR) is 119 cm³/mol. The number of amides is 1. The van der Waals surface area contributed by atoms with Crippen molar-refractivity contribution in [3.63, 3.8) is 0 Å². The van der Waals surface area contributed by atoms with Gasteiger partial charge in [-0.1, -0.05) is 11.6 Å². The average molecular weight is 465 g/mol. The number of aromatic nitrogens is 1. The summed E-state index contributed by atoms with van der Waals surface area (Å²) in [6.07, 6.45) is 1.72. The van der Waals surface area contributed by atoms with E-state index in [4.69, 9.17) is 16.0 Å². The number of benzene rings is 1. The van der Waals surface area contributed by atoms with Crippen molar-refractivity contribution in [1.82, 2.24) is 15.2 Å². The molecular formula is C19H24Cl3N3O2S. The van der Waals surface area contributed by atoms with Crippen molar-refractivity contribution < 1.29 is 9.21 Å². The van der Waals surface area contributed by atoms with Crippen LogP contribution in [0.25, 0.3) is 11.3 Å². The molecule has 4 rings (SSSR count). The van der Waals surface area contributed by atoms with Crippen LogP contribution in [0.4, 0.5) is 0 Å². The normalized spacial score (nSPS) is 21.6. The minimum Gasteiger partial charge on any atom is -0.440 e. The Bertz CT molecular complexity index is 775. The molecule has 2 saturated heterocycles. The van der Waals surface area contributed by atoms with Gasteiger partial charge in [-0.25, -0.2) is 4.98 Å². The van der Waals surface area contributed by atoms with Gasteiger partial charge in [0.25, 0.3) is 0 Å². The zero-order valence-corrected chi connectivity index (χ0v) is 18.7. The molecule has 2 aromatic rings. The fourth-order valence-electron chi connectivity index (χ4n) is 3.68. The molecule has 1 N–H and O–H groups in total. The fourth-order valence-corrected chi connectivity index (χ4v) is 4.63. The molecule has 9 heteroatoms. The standard InChI is InChI=1S/C19H22ClN3O2S.2ClH/c1-12(19(24)23-9-14-6-21-7-15(14)10-23)26-11-18-22-8-17(25-18)13-2-4-16(20)5-3-13;;/h2-5,8,12,14-15,21H,6-7,9-11H2,1H3;2*1H/t12?,14-,15+;;. The second-order valence-electron chi connectivity index (χ2n) is 7.00. The number of rotatable bonds is 5. The smallest absolute Gasteiger partial charge is 0.235 e. The average Bonchev–Trinajstić information content (AvgIpc) is 3.35. The summed E-state index contributed by atoms with van der Waals surface area (Å²) in [4.78, 5) is 19.0. The Morgan fingerprint density at radius 3 is 2.57 bits per heavy atom. The molecule has 0 spiro atoms. The summed E-state index contributed by atoms with van der Waals surface area (Å²) < 4.78 is 5.82. The first-order chi connectivity index (χ1) is 12.6. The number of hydrogen-bond donors (Lipinski definition) is 1. The third kappa shape index (κ3) is 5.16. The molecule has 154 valence electrons. The molecule has 3 heterocycles.